The standard InChI is InChI=1S/C24H26N4O3S/c29-22(26-10-12-32-13-11-26)18-5-3-9-27(16-18)20-7-1-6-19-21(20)24(31)28(23(19)30)15-17-4-2-8-25-14-17/h1-2,4,6-8,14,18H,3,5,9-13,15-16H2. The number of nitrogens with zero attached hydrogens (tertiary/aromatic N) is 4. The molecule has 1 aromatic heterocycles. The van der Waals surface area contributed by atoms with Gasteiger partial charge in [-0.1, -0.05) is 12.1 Å². The highest BCUT2D eigenvalue weighted by Crippen LogP contribution is 2.35. The van der Waals surface area contributed by atoms with Gasteiger partial charge in [-0.15, -0.1) is 0 Å². The van der Waals surface area contributed by atoms with Crippen molar-refractivity contribution in [3.8, 4) is 0 Å². The van der Waals surface area contributed by atoms with E-state index in [0.717, 1.165) is 55.2 Å². The number of carbonyl (C=O) groups excluding carboxylic acids is 3. The van der Waals surface area contributed by atoms with Crippen molar-refractivity contribution in [2.24, 2.45) is 5.92 Å². The summed E-state index contributed by atoms with van der Waals surface area (Å²) < 4.78 is 0. The van der Waals surface area contributed by atoms with Crippen molar-refractivity contribution in [1.29, 1.82) is 0 Å². The van der Waals surface area contributed by atoms with Gasteiger partial charge in [0.15, 0.2) is 0 Å². The maximum Gasteiger partial charge on any atom is 0.263 e. The average molecular weight is 451 g/mol. The molecule has 0 spiro atoms. The van der Waals surface area contributed by atoms with Crippen molar-refractivity contribution < 1.29 is 14.4 Å². The Labute approximate surface area is 191 Å². The minimum Gasteiger partial charge on any atom is -0.370 e. The van der Waals surface area contributed by atoms with Crippen molar-refractivity contribution in [2.45, 2.75) is 19.4 Å². The molecule has 8 heteroatoms. The number of aromatic nitrogens is 1. The molecule has 7 nitrogen and oxygen atoms in total. The van der Waals surface area contributed by atoms with Crippen LogP contribution >= 0.6 is 11.8 Å². The van der Waals surface area contributed by atoms with Gasteiger partial charge >= 0.3 is 0 Å². The van der Waals surface area contributed by atoms with E-state index in [2.05, 4.69) is 9.88 Å². The molecular weight excluding hydrogens is 424 g/mol. The first-order valence-corrected chi connectivity index (χ1v) is 12.3. The third kappa shape index (κ3) is 3.88. The number of thioether (sulfide) groups is 1. The molecule has 4 heterocycles. The normalized spacial score (nSPS) is 21.1. The quantitative estimate of drug-likeness (QED) is 0.667. The van der Waals surface area contributed by atoms with Crippen LogP contribution < -0.4 is 4.90 Å². The highest BCUT2D eigenvalue weighted by molar-refractivity contribution is 7.99. The fraction of sp³-hybridized carbons (Fsp3) is 0.417. The monoisotopic (exact) mass is 450 g/mol. The van der Waals surface area contributed by atoms with Gasteiger partial charge < -0.3 is 9.80 Å². The number of hydrogen-bond donors (Lipinski definition) is 0. The van der Waals surface area contributed by atoms with Crippen LogP contribution in [0.15, 0.2) is 42.7 Å². The zero-order valence-electron chi connectivity index (χ0n) is 17.9. The molecule has 0 aliphatic carbocycles. The number of imide groups is 1. The third-order valence-corrected chi connectivity index (χ3v) is 7.42. The van der Waals surface area contributed by atoms with Gasteiger partial charge in [0.2, 0.25) is 5.91 Å². The van der Waals surface area contributed by atoms with Gasteiger partial charge in [0.1, 0.15) is 0 Å². The fourth-order valence-electron chi connectivity index (χ4n) is 4.84. The lowest BCUT2D eigenvalue weighted by molar-refractivity contribution is -0.135. The zero-order chi connectivity index (χ0) is 22.1. The van der Waals surface area contributed by atoms with E-state index in [4.69, 9.17) is 0 Å². The number of fused-ring (bicyclic) bond motifs is 1. The largest absolute Gasteiger partial charge is 0.370 e. The SMILES string of the molecule is O=C(C1CCCN(c2cccc3c2C(=O)N(Cc2cccnc2)C3=O)C1)N1CCSCC1. The summed E-state index contributed by atoms with van der Waals surface area (Å²) in [6.45, 7) is 3.20. The van der Waals surface area contributed by atoms with Crippen LogP contribution in [0.4, 0.5) is 5.69 Å². The van der Waals surface area contributed by atoms with Crippen LogP contribution in [-0.2, 0) is 11.3 Å². The third-order valence-electron chi connectivity index (χ3n) is 6.47. The van der Waals surface area contributed by atoms with E-state index in [-0.39, 0.29) is 30.2 Å². The Hall–Kier alpha value is -2.87. The molecule has 2 aromatic rings. The lowest BCUT2D eigenvalue weighted by Gasteiger charge is -2.37. The fourth-order valence-corrected chi connectivity index (χ4v) is 5.74. The van der Waals surface area contributed by atoms with Gasteiger partial charge in [-0.25, -0.2) is 0 Å². The average Bonchev–Trinajstić information content (AvgIpc) is 3.10. The van der Waals surface area contributed by atoms with Crippen LogP contribution in [0.5, 0.6) is 0 Å². The van der Waals surface area contributed by atoms with E-state index >= 15 is 0 Å². The molecule has 1 unspecified atom stereocenters. The predicted molar refractivity (Wildman–Crippen MR) is 124 cm³/mol. The van der Waals surface area contributed by atoms with Crippen molar-refractivity contribution >= 4 is 35.2 Å². The van der Waals surface area contributed by atoms with E-state index in [1.54, 1.807) is 24.5 Å². The number of anilines is 1. The van der Waals surface area contributed by atoms with Crippen LogP contribution in [0.25, 0.3) is 0 Å². The molecule has 3 aliphatic heterocycles. The molecular formula is C24H26N4O3S. The second-order valence-electron chi connectivity index (χ2n) is 8.48. The smallest absolute Gasteiger partial charge is 0.263 e. The summed E-state index contributed by atoms with van der Waals surface area (Å²) >= 11 is 1.89. The summed E-state index contributed by atoms with van der Waals surface area (Å²) in [5.74, 6) is 1.61. The number of rotatable bonds is 4. The maximum absolute atomic E-state index is 13.3. The van der Waals surface area contributed by atoms with Crippen LogP contribution in [0.2, 0.25) is 0 Å². The molecule has 5 rings (SSSR count). The maximum atomic E-state index is 13.3. The van der Waals surface area contributed by atoms with Crippen molar-refractivity contribution in [2.75, 3.05) is 42.6 Å². The molecule has 1 aromatic carbocycles. The Morgan fingerprint density at radius 1 is 1.06 bits per heavy atom. The first-order chi connectivity index (χ1) is 15.6. The minimum absolute atomic E-state index is 0.0681. The highest BCUT2D eigenvalue weighted by Gasteiger charge is 2.39. The molecule has 0 N–H and O–H groups in total. The van der Waals surface area contributed by atoms with Crippen LogP contribution in [0.1, 0.15) is 39.1 Å². The van der Waals surface area contributed by atoms with Gasteiger partial charge in [0.25, 0.3) is 11.8 Å². The van der Waals surface area contributed by atoms with Crippen molar-refractivity contribution in [3.63, 3.8) is 0 Å². The molecule has 3 amide bonds. The van der Waals surface area contributed by atoms with Gasteiger partial charge in [0, 0.05) is 50.1 Å². The second kappa shape index (κ2) is 8.94. The summed E-state index contributed by atoms with van der Waals surface area (Å²) in [6.07, 6.45) is 5.10. The molecule has 2 fully saturated rings. The molecule has 0 saturated carbocycles. The first-order valence-electron chi connectivity index (χ1n) is 11.1. The van der Waals surface area contributed by atoms with Crippen LogP contribution in [-0.4, -0.2) is 70.2 Å². The number of amides is 3. The van der Waals surface area contributed by atoms with E-state index < -0.39 is 0 Å². The van der Waals surface area contributed by atoms with E-state index in [9.17, 15) is 14.4 Å². The molecule has 0 bridgehead atoms. The number of piperidine rings is 1. The molecule has 1 atom stereocenters. The van der Waals surface area contributed by atoms with Gasteiger partial charge in [-0.3, -0.25) is 24.3 Å². The van der Waals surface area contributed by atoms with E-state index in [1.165, 1.54) is 4.90 Å². The van der Waals surface area contributed by atoms with Gasteiger partial charge in [0.05, 0.1) is 29.3 Å². The summed E-state index contributed by atoms with van der Waals surface area (Å²) in [5, 5.41) is 0. The lowest BCUT2D eigenvalue weighted by Crippen LogP contribution is -2.47. The predicted octanol–water partition coefficient (Wildman–Crippen LogP) is 2.67. The van der Waals surface area contributed by atoms with Crippen LogP contribution in [0, 0.1) is 5.92 Å². The summed E-state index contributed by atoms with van der Waals surface area (Å²) in [4.78, 5) is 48.9. The first kappa shape index (κ1) is 21.0. The van der Waals surface area contributed by atoms with E-state index in [0.29, 0.717) is 17.7 Å². The Bertz CT molecular complexity index is 1040. The summed E-state index contributed by atoms with van der Waals surface area (Å²) in [6, 6.07) is 9.12. The minimum atomic E-state index is -0.272. The van der Waals surface area contributed by atoms with E-state index in [1.807, 2.05) is 34.9 Å². The summed E-state index contributed by atoms with van der Waals surface area (Å²) in [5.41, 5.74) is 2.48. The Morgan fingerprint density at radius 2 is 1.91 bits per heavy atom. The number of pyridine rings is 1. The number of benzene rings is 1. The van der Waals surface area contributed by atoms with Gasteiger partial charge in [-0.2, -0.15) is 11.8 Å². The summed E-state index contributed by atoms with van der Waals surface area (Å²) in [7, 11) is 0. The van der Waals surface area contributed by atoms with Gasteiger partial charge in [-0.05, 0) is 36.6 Å². The van der Waals surface area contributed by atoms with Crippen LogP contribution in [0.3, 0.4) is 0 Å². The Morgan fingerprint density at radius 3 is 2.69 bits per heavy atom. The topological polar surface area (TPSA) is 73.8 Å². The zero-order valence-corrected chi connectivity index (χ0v) is 18.7. The van der Waals surface area contributed by atoms with Crippen molar-refractivity contribution in [1.82, 2.24) is 14.8 Å². The molecule has 0 radical (unpaired) electrons. The Kier molecular flexibility index (Phi) is 5.87. The molecule has 2 saturated heterocycles. The highest BCUT2D eigenvalue weighted by atomic mass is 32.2. The second-order valence-corrected chi connectivity index (χ2v) is 9.70. The number of carbonyl (C=O) groups is 3. The molecule has 3 aliphatic rings. The molecule has 32 heavy (non-hydrogen) atoms. The van der Waals surface area contributed by atoms with Crippen molar-refractivity contribution in [3.05, 3.63) is 59.4 Å². The molecule has 166 valence electrons. The lowest BCUT2D eigenvalue weighted by atomic mass is 9.94. The Balaban J connectivity index is 1.38. The number of hydrogen-bond acceptors (Lipinski definition) is 6.